The normalized spacial score (nSPS) is 29.1. The van der Waals surface area contributed by atoms with Gasteiger partial charge in [-0.05, 0) is 12.8 Å². The highest BCUT2D eigenvalue weighted by molar-refractivity contribution is 5.91. The Morgan fingerprint density at radius 1 is 1.50 bits per heavy atom. The third-order valence-corrected chi connectivity index (χ3v) is 3.56. The lowest BCUT2D eigenvalue weighted by Gasteiger charge is -2.21. The molecule has 3 heterocycles. The summed E-state index contributed by atoms with van der Waals surface area (Å²) in [5, 5.41) is 3.56. The number of amides is 1. The minimum Gasteiger partial charge on any atom is -0.381 e. The molecule has 1 unspecified atom stereocenters. The van der Waals surface area contributed by atoms with E-state index in [0.29, 0.717) is 5.76 Å². The summed E-state index contributed by atoms with van der Waals surface area (Å²) in [6, 6.07) is 1.61. The predicted octanol–water partition coefficient (Wildman–Crippen LogP) is 0.927. The third-order valence-electron chi connectivity index (χ3n) is 3.56. The number of ether oxygens (including phenoxy) is 1. The number of rotatable bonds is 1. The molecule has 0 bridgehead atoms. The summed E-state index contributed by atoms with van der Waals surface area (Å²) < 4.78 is 10.3. The molecular weight excluding hydrogens is 208 g/mol. The maximum atomic E-state index is 12.0. The average molecular weight is 222 g/mol. The largest absolute Gasteiger partial charge is 0.381 e. The van der Waals surface area contributed by atoms with Crippen LogP contribution in [0.1, 0.15) is 23.4 Å². The Bertz CT molecular complexity index is 382. The van der Waals surface area contributed by atoms with Crippen molar-refractivity contribution in [3.8, 4) is 0 Å². The van der Waals surface area contributed by atoms with E-state index in [2.05, 4.69) is 5.16 Å². The van der Waals surface area contributed by atoms with Gasteiger partial charge in [0.25, 0.3) is 5.91 Å². The first-order valence-corrected chi connectivity index (χ1v) is 5.57. The maximum Gasteiger partial charge on any atom is 0.292 e. The topological polar surface area (TPSA) is 55.6 Å². The molecule has 2 saturated heterocycles. The molecule has 1 spiro atoms. The van der Waals surface area contributed by atoms with E-state index in [1.165, 1.54) is 6.20 Å². The Morgan fingerprint density at radius 3 is 3.12 bits per heavy atom. The van der Waals surface area contributed by atoms with E-state index in [-0.39, 0.29) is 11.3 Å². The zero-order valence-corrected chi connectivity index (χ0v) is 9.02. The summed E-state index contributed by atoms with van der Waals surface area (Å²) >= 11 is 0. The maximum absolute atomic E-state index is 12.0. The van der Waals surface area contributed by atoms with Gasteiger partial charge in [-0.25, -0.2) is 0 Å². The Kier molecular flexibility index (Phi) is 2.21. The SMILES string of the molecule is O=C(c1ccno1)N1CCC2(CCOC2)C1. The van der Waals surface area contributed by atoms with Crippen LogP contribution in [0.15, 0.2) is 16.8 Å². The first-order chi connectivity index (χ1) is 7.79. The molecule has 2 aliphatic heterocycles. The summed E-state index contributed by atoms with van der Waals surface area (Å²) in [6.07, 6.45) is 3.60. The second-order valence-corrected chi connectivity index (χ2v) is 4.66. The van der Waals surface area contributed by atoms with Gasteiger partial charge in [-0.2, -0.15) is 0 Å². The monoisotopic (exact) mass is 222 g/mol. The lowest BCUT2D eigenvalue weighted by Crippen LogP contribution is -2.32. The van der Waals surface area contributed by atoms with Gasteiger partial charge in [0.1, 0.15) is 0 Å². The quantitative estimate of drug-likeness (QED) is 0.709. The van der Waals surface area contributed by atoms with Crippen molar-refractivity contribution in [1.82, 2.24) is 10.1 Å². The third kappa shape index (κ3) is 1.51. The van der Waals surface area contributed by atoms with Crippen molar-refractivity contribution in [2.75, 3.05) is 26.3 Å². The van der Waals surface area contributed by atoms with E-state index in [0.717, 1.165) is 39.1 Å². The lowest BCUT2D eigenvalue weighted by molar-refractivity contribution is 0.0724. The van der Waals surface area contributed by atoms with Crippen LogP contribution in [0.2, 0.25) is 0 Å². The molecule has 0 aliphatic carbocycles. The van der Waals surface area contributed by atoms with E-state index in [1.54, 1.807) is 6.07 Å². The summed E-state index contributed by atoms with van der Waals surface area (Å²) in [5.41, 5.74) is 0.204. The molecule has 0 aromatic carbocycles. The van der Waals surface area contributed by atoms with E-state index < -0.39 is 0 Å². The molecule has 5 heteroatoms. The van der Waals surface area contributed by atoms with Crippen LogP contribution in [0, 0.1) is 5.41 Å². The molecule has 0 saturated carbocycles. The van der Waals surface area contributed by atoms with Gasteiger partial charge in [-0.15, -0.1) is 0 Å². The number of carbonyl (C=O) groups excluding carboxylic acids is 1. The number of likely N-dealkylation sites (tertiary alicyclic amines) is 1. The molecule has 0 N–H and O–H groups in total. The van der Waals surface area contributed by atoms with E-state index in [4.69, 9.17) is 9.26 Å². The molecule has 1 atom stereocenters. The zero-order chi connectivity index (χ0) is 11.0. The Balaban J connectivity index is 1.72. The van der Waals surface area contributed by atoms with Gasteiger partial charge in [0.15, 0.2) is 0 Å². The highest BCUT2D eigenvalue weighted by Gasteiger charge is 2.43. The molecule has 1 aromatic rings. The minimum absolute atomic E-state index is 0.0544. The van der Waals surface area contributed by atoms with Gasteiger partial charge in [0.05, 0.1) is 12.8 Å². The zero-order valence-electron chi connectivity index (χ0n) is 9.02. The van der Waals surface area contributed by atoms with Crippen LogP contribution in [0.3, 0.4) is 0 Å². The van der Waals surface area contributed by atoms with E-state index >= 15 is 0 Å². The highest BCUT2D eigenvalue weighted by Crippen LogP contribution is 2.38. The van der Waals surface area contributed by atoms with Gasteiger partial charge in [0, 0.05) is 31.2 Å². The fraction of sp³-hybridized carbons (Fsp3) is 0.636. The van der Waals surface area contributed by atoms with Crippen molar-refractivity contribution < 1.29 is 14.1 Å². The van der Waals surface area contributed by atoms with Crippen molar-refractivity contribution in [3.63, 3.8) is 0 Å². The Labute approximate surface area is 93.3 Å². The fourth-order valence-corrected chi connectivity index (χ4v) is 2.56. The van der Waals surface area contributed by atoms with Gasteiger partial charge >= 0.3 is 0 Å². The molecule has 5 nitrogen and oxygen atoms in total. The number of carbonyl (C=O) groups is 1. The van der Waals surface area contributed by atoms with Crippen LogP contribution in [0.5, 0.6) is 0 Å². The number of hydrogen-bond acceptors (Lipinski definition) is 4. The molecule has 0 radical (unpaired) electrons. The summed E-state index contributed by atoms with van der Waals surface area (Å²) in [6.45, 7) is 3.19. The van der Waals surface area contributed by atoms with E-state index in [9.17, 15) is 4.79 Å². The smallest absolute Gasteiger partial charge is 0.292 e. The van der Waals surface area contributed by atoms with Crippen molar-refractivity contribution in [2.24, 2.45) is 5.41 Å². The van der Waals surface area contributed by atoms with Crippen molar-refractivity contribution in [1.29, 1.82) is 0 Å². The molecule has 2 fully saturated rings. The Morgan fingerprint density at radius 2 is 2.44 bits per heavy atom. The highest BCUT2D eigenvalue weighted by atomic mass is 16.5. The van der Waals surface area contributed by atoms with Gasteiger partial charge in [0.2, 0.25) is 5.76 Å². The molecule has 86 valence electrons. The molecule has 16 heavy (non-hydrogen) atoms. The fourth-order valence-electron chi connectivity index (χ4n) is 2.56. The average Bonchev–Trinajstić information content (AvgIpc) is 3.01. The summed E-state index contributed by atoms with van der Waals surface area (Å²) in [7, 11) is 0. The minimum atomic E-state index is -0.0544. The van der Waals surface area contributed by atoms with Crippen molar-refractivity contribution >= 4 is 5.91 Å². The molecular formula is C11H14N2O3. The van der Waals surface area contributed by atoms with Crippen LogP contribution < -0.4 is 0 Å². The predicted molar refractivity (Wildman–Crippen MR) is 54.9 cm³/mol. The van der Waals surface area contributed by atoms with Crippen LogP contribution in [0.25, 0.3) is 0 Å². The van der Waals surface area contributed by atoms with E-state index in [1.807, 2.05) is 4.90 Å². The van der Waals surface area contributed by atoms with Crippen molar-refractivity contribution in [2.45, 2.75) is 12.8 Å². The van der Waals surface area contributed by atoms with Gasteiger partial charge in [-0.3, -0.25) is 4.79 Å². The molecule has 1 aromatic heterocycles. The van der Waals surface area contributed by atoms with Crippen LogP contribution in [0.4, 0.5) is 0 Å². The van der Waals surface area contributed by atoms with Gasteiger partial charge in [-0.1, -0.05) is 5.16 Å². The summed E-state index contributed by atoms with van der Waals surface area (Å²) in [4.78, 5) is 13.8. The van der Waals surface area contributed by atoms with Crippen LogP contribution >= 0.6 is 0 Å². The lowest BCUT2D eigenvalue weighted by atomic mass is 9.87. The summed E-state index contributed by atoms with van der Waals surface area (Å²) in [5.74, 6) is 0.275. The Hall–Kier alpha value is -1.36. The number of nitrogens with zero attached hydrogens (tertiary/aromatic N) is 2. The molecule has 1 amide bonds. The van der Waals surface area contributed by atoms with Gasteiger partial charge < -0.3 is 14.2 Å². The molecule has 2 aliphatic rings. The van der Waals surface area contributed by atoms with Crippen LogP contribution in [-0.2, 0) is 4.74 Å². The second kappa shape index (κ2) is 3.59. The van der Waals surface area contributed by atoms with Crippen molar-refractivity contribution in [3.05, 3.63) is 18.0 Å². The first-order valence-electron chi connectivity index (χ1n) is 5.57. The number of hydrogen-bond donors (Lipinski definition) is 0. The first kappa shape index (κ1) is 9.84. The number of aromatic nitrogens is 1. The van der Waals surface area contributed by atoms with Crippen LogP contribution in [-0.4, -0.2) is 42.3 Å². The standard InChI is InChI=1S/C11H14N2O3/c14-10(9-1-4-12-16-9)13-5-2-11(7-13)3-6-15-8-11/h1,4H,2-3,5-8H2. The molecule has 3 rings (SSSR count). The second-order valence-electron chi connectivity index (χ2n) is 4.66.